The summed E-state index contributed by atoms with van der Waals surface area (Å²) in [6.07, 6.45) is 0. The lowest BCUT2D eigenvalue weighted by Crippen LogP contribution is -2.22. The van der Waals surface area contributed by atoms with E-state index in [9.17, 15) is 4.39 Å². The maximum Gasteiger partial charge on any atom is 0.127 e. The van der Waals surface area contributed by atoms with Gasteiger partial charge in [0.1, 0.15) is 5.82 Å². The zero-order valence-electron chi connectivity index (χ0n) is 10.3. The van der Waals surface area contributed by atoms with Crippen LogP contribution in [0.3, 0.4) is 0 Å². The molecule has 4 heteroatoms. The van der Waals surface area contributed by atoms with E-state index < -0.39 is 0 Å². The van der Waals surface area contributed by atoms with Gasteiger partial charge in [-0.3, -0.25) is 0 Å². The number of hydrogen-bond acceptors (Lipinski definition) is 2. The summed E-state index contributed by atoms with van der Waals surface area (Å²) < 4.78 is 14.8. The zero-order valence-corrected chi connectivity index (χ0v) is 12.7. The third-order valence-corrected chi connectivity index (χ3v) is 4.37. The van der Waals surface area contributed by atoms with Crippen molar-refractivity contribution in [1.82, 2.24) is 5.32 Å². The van der Waals surface area contributed by atoms with E-state index in [1.54, 1.807) is 11.3 Å². The van der Waals surface area contributed by atoms with Gasteiger partial charge in [-0.15, -0.1) is 0 Å². The van der Waals surface area contributed by atoms with Gasteiger partial charge in [0, 0.05) is 33.6 Å². The fourth-order valence-electron chi connectivity index (χ4n) is 1.68. The minimum atomic E-state index is -0.154. The van der Waals surface area contributed by atoms with E-state index in [2.05, 4.69) is 40.5 Å². The van der Waals surface area contributed by atoms with E-state index in [4.69, 9.17) is 0 Å². The lowest BCUT2D eigenvalue weighted by atomic mass is 10.1. The van der Waals surface area contributed by atoms with E-state index in [0.717, 1.165) is 15.6 Å². The largest absolute Gasteiger partial charge is 0.310 e. The monoisotopic (exact) mass is 327 g/mol. The Bertz CT molecular complexity index is 536. The summed E-state index contributed by atoms with van der Waals surface area (Å²) in [6, 6.07) is 5.62. The normalized spacial score (nSPS) is 11.2. The molecular formula is C14H15BrFNS. The highest BCUT2D eigenvalue weighted by molar-refractivity contribution is 9.10. The number of rotatable bonds is 4. The lowest BCUT2D eigenvalue weighted by molar-refractivity contribution is 0.553. The maximum absolute atomic E-state index is 13.7. The van der Waals surface area contributed by atoms with Gasteiger partial charge >= 0.3 is 0 Å². The summed E-state index contributed by atoms with van der Waals surface area (Å²) in [5.74, 6) is -0.154. The first-order valence-corrected chi connectivity index (χ1v) is 7.55. The van der Waals surface area contributed by atoms with Crippen molar-refractivity contribution in [3.05, 3.63) is 44.8 Å². The molecule has 96 valence electrons. The summed E-state index contributed by atoms with van der Waals surface area (Å²) in [5, 5.41) is 7.34. The standard InChI is InChI=1S/C14H15BrFNS/c1-9(2)17-6-11-5-10(3-4-14(11)16)12-7-18-8-13(12)15/h3-5,7-9,17H,6H2,1-2H3. The summed E-state index contributed by atoms with van der Waals surface area (Å²) in [6.45, 7) is 4.66. The second-order valence-electron chi connectivity index (χ2n) is 4.48. The van der Waals surface area contributed by atoms with Crippen molar-refractivity contribution in [1.29, 1.82) is 0 Å². The Morgan fingerprint density at radius 3 is 2.72 bits per heavy atom. The summed E-state index contributed by atoms with van der Waals surface area (Å²) in [7, 11) is 0. The molecule has 0 aliphatic carbocycles. The highest BCUT2D eigenvalue weighted by Gasteiger charge is 2.08. The molecule has 1 aromatic carbocycles. The van der Waals surface area contributed by atoms with Crippen LogP contribution in [0.4, 0.5) is 4.39 Å². The highest BCUT2D eigenvalue weighted by atomic mass is 79.9. The lowest BCUT2D eigenvalue weighted by Gasteiger charge is -2.10. The molecular weight excluding hydrogens is 313 g/mol. The SMILES string of the molecule is CC(C)NCc1cc(-c2cscc2Br)ccc1F. The van der Waals surface area contributed by atoms with Crippen LogP contribution in [0.15, 0.2) is 33.4 Å². The first-order valence-electron chi connectivity index (χ1n) is 5.82. The Morgan fingerprint density at radius 1 is 1.33 bits per heavy atom. The second-order valence-corrected chi connectivity index (χ2v) is 6.07. The van der Waals surface area contributed by atoms with Crippen LogP contribution in [0.5, 0.6) is 0 Å². The van der Waals surface area contributed by atoms with Gasteiger partial charge in [0.25, 0.3) is 0 Å². The molecule has 0 aliphatic rings. The van der Waals surface area contributed by atoms with Gasteiger partial charge in [0.2, 0.25) is 0 Å². The summed E-state index contributed by atoms with van der Waals surface area (Å²) >= 11 is 5.14. The fraction of sp³-hybridized carbons (Fsp3) is 0.286. The van der Waals surface area contributed by atoms with Crippen LogP contribution in [0.1, 0.15) is 19.4 Å². The zero-order chi connectivity index (χ0) is 13.1. The van der Waals surface area contributed by atoms with Crippen LogP contribution in [-0.4, -0.2) is 6.04 Å². The van der Waals surface area contributed by atoms with Gasteiger partial charge in [-0.25, -0.2) is 4.39 Å². The molecule has 1 nitrogen and oxygen atoms in total. The molecule has 2 rings (SSSR count). The minimum absolute atomic E-state index is 0.154. The van der Waals surface area contributed by atoms with Crippen molar-refractivity contribution < 1.29 is 4.39 Å². The predicted molar refractivity (Wildman–Crippen MR) is 79.4 cm³/mol. The van der Waals surface area contributed by atoms with Crippen LogP contribution in [0.25, 0.3) is 11.1 Å². The van der Waals surface area contributed by atoms with Crippen LogP contribution >= 0.6 is 27.3 Å². The highest BCUT2D eigenvalue weighted by Crippen LogP contribution is 2.32. The first kappa shape index (κ1) is 13.7. The van der Waals surface area contributed by atoms with Crippen molar-refractivity contribution in [3.8, 4) is 11.1 Å². The quantitative estimate of drug-likeness (QED) is 0.849. The van der Waals surface area contributed by atoms with Gasteiger partial charge in [0.05, 0.1) is 0 Å². The molecule has 18 heavy (non-hydrogen) atoms. The van der Waals surface area contributed by atoms with Crippen molar-refractivity contribution in [2.45, 2.75) is 26.4 Å². The topological polar surface area (TPSA) is 12.0 Å². The molecule has 1 aromatic heterocycles. The van der Waals surface area contributed by atoms with E-state index >= 15 is 0 Å². The molecule has 0 spiro atoms. The van der Waals surface area contributed by atoms with Crippen LogP contribution in [-0.2, 0) is 6.54 Å². The predicted octanol–water partition coefficient (Wildman–Crippen LogP) is 4.81. The molecule has 0 unspecified atom stereocenters. The molecule has 0 atom stereocenters. The Labute approximate surface area is 119 Å². The van der Waals surface area contributed by atoms with Crippen molar-refractivity contribution in [2.75, 3.05) is 0 Å². The third kappa shape index (κ3) is 3.19. The Hall–Kier alpha value is -0.710. The number of benzene rings is 1. The minimum Gasteiger partial charge on any atom is -0.310 e. The molecule has 2 aromatic rings. The van der Waals surface area contributed by atoms with E-state index in [1.807, 2.05) is 17.5 Å². The van der Waals surface area contributed by atoms with Crippen LogP contribution in [0.2, 0.25) is 0 Å². The number of nitrogens with one attached hydrogen (secondary N) is 1. The summed E-state index contributed by atoms with van der Waals surface area (Å²) in [4.78, 5) is 0. The molecule has 0 saturated heterocycles. The molecule has 0 aliphatic heterocycles. The van der Waals surface area contributed by atoms with Gasteiger partial charge in [0.15, 0.2) is 0 Å². The number of halogens is 2. The Balaban J connectivity index is 2.29. The third-order valence-electron chi connectivity index (χ3n) is 2.67. The van der Waals surface area contributed by atoms with Crippen LogP contribution in [0, 0.1) is 5.82 Å². The molecule has 0 saturated carbocycles. The van der Waals surface area contributed by atoms with Gasteiger partial charge in [-0.1, -0.05) is 19.9 Å². The van der Waals surface area contributed by atoms with Gasteiger partial charge in [-0.2, -0.15) is 11.3 Å². The number of hydrogen-bond donors (Lipinski definition) is 1. The smallest absolute Gasteiger partial charge is 0.127 e. The molecule has 0 amide bonds. The van der Waals surface area contributed by atoms with E-state index in [0.29, 0.717) is 18.2 Å². The number of thiophene rings is 1. The van der Waals surface area contributed by atoms with E-state index in [-0.39, 0.29) is 5.82 Å². The molecule has 0 bridgehead atoms. The molecule has 1 N–H and O–H groups in total. The fourth-order valence-corrected chi connectivity index (χ4v) is 3.21. The molecule has 0 radical (unpaired) electrons. The first-order chi connectivity index (χ1) is 8.58. The van der Waals surface area contributed by atoms with E-state index in [1.165, 1.54) is 6.07 Å². The second kappa shape index (κ2) is 5.95. The van der Waals surface area contributed by atoms with Crippen molar-refractivity contribution in [2.24, 2.45) is 0 Å². The molecule has 0 fully saturated rings. The van der Waals surface area contributed by atoms with Crippen molar-refractivity contribution >= 4 is 27.3 Å². The average Bonchev–Trinajstić information content (AvgIpc) is 2.74. The Morgan fingerprint density at radius 2 is 2.11 bits per heavy atom. The van der Waals surface area contributed by atoms with Crippen molar-refractivity contribution in [3.63, 3.8) is 0 Å². The maximum atomic E-state index is 13.7. The summed E-state index contributed by atoms with van der Waals surface area (Å²) in [5.41, 5.74) is 2.87. The van der Waals surface area contributed by atoms with Gasteiger partial charge < -0.3 is 5.32 Å². The average molecular weight is 328 g/mol. The van der Waals surface area contributed by atoms with Gasteiger partial charge in [-0.05, 0) is 39.0 Å². The molecule has 1 heterocycles. The van der Waals surface area contributed by atoms with Crippen LogP contribution < -0.4 is 5.32 Å². The Kier molecular flexibility index (Phi) is 4.54.